The minimum atomic E-state index is -1.19. The molecule has 0 radical (unpaired) electrons. The van der Waals surface area contributed by atoms with Crippen LogP contribution in [0.1, 0.15) is 12.8 Å². The molecule has 0 aromatic carbocycles. The van der Waals surface area contributed by atoms with Crippen LogP contribution in [0.25, 0.3) is 0 Å². The van der Waals surface area contributed by atoms with E-state index in [1.807, 2.05) is 4.90 Å². The third-order valence-corrected chi connectivity index (χ3v) is 3.01. The SMILES string of the molecule is O=C([O-])CCC(=O)N1CCN(c2ncccn2)CC1. The van der Waals surface area contributed by atoms with Gasteiger partial charge in [0.2, 0.25) is 11.9 Å². The number of nitrogens with zero attached hydrogens (tertiary/aromatic N) is 4. The van der Waals surface area contributed by atoms with E-state index in [4.69, 9.17) is 0 Å². The Balaban J connectivity index is 1.82. The van der Waals surface area contributed by atoms with Crippen molar-refractivity contribution < 1.29 is 14.7 Å². The molecule has 7 nitrogen and oxygen atoms in total. The first-order valence-electron chi connectivity index (χ1n) is 6.16. The van der Waals surface area contributed by atoms with Crippen molar-refractivity contribution in [1.29, 1.82) is 0 Å². The van der Waals surface area contributed by atoms with Crippen molar-refractivity contribution in [2.75, 3.05) is 31.1 Å². The Labute approximate surface area is 110 Å². The Morgan fingerprint density at radius 1 is 1.11 bits per heavy atom. The molecule has 0 aliphatic carbocycles. The number of aliphatic carboxylic acids is 1. The number of amides is 1. The lowest BCUT2D eigenvalue weighted by atomic mass is 10.2. The topological polar surface area (TPSA) is 89.5 Å². The molecule has 1 aliphatic rings. The van der Waals surface area contributed by atoms with Crippen LogP contribution in [0, 0.1) is 0 Å². The Kier molecular flexibility index (Phi) is 4.27. The van der Waals surface area contributed by atoms with E-state index in [1.165, 1.54) is 0 Å². The summed E-state index contributed by atoms with van der Waals surface area (Å²) in [7, 11) is 0. The van der Waals surface area contributed by atoms with Crippen LogP contribution in [0.5, 0.6) is 0 Å². The van der Waals surface area contributed by atoms with Crippen molar-refractivity contribution in [2.24, 2.45) is 0 Å². The molecule has 2 heterocycles. The molecule has 19 heavy (non-hydrogen) atoms. The van der Waals surface area contributed by atoms with Gasteiger partial charge in [-0.15, -0.1) is 0 Å². The van der Waals surface area contributed by atoms with E-state index in [0.717, 1.165) is 0 Å². The molecule has 7 heteroatoms. The van der Waals surface area contributed by atoms with Gasteiger partial charge in [0.15, 0.2) is 0 Å². The molecule has 1 aromatic heterocycles. The fourth-order valence-corrected chi connectivity index (χ4v) is 1.98. The minimum Gasteiger partial charge on any atom is -0.550 e. The molecule has 0 saturated carbocycles. The summed E-state index contributed by atoms with van der Waals surface area (Å²) in [5.41, 5.74) is 0. The van der Waals surface area contributed by atoms with Gasteiger partial charge in [-0.25, -0.2) is 9.97 Å². The Morgan fingerprint density at radius 2 is 1.74 bits per heavy atom. The number of hydrogen-bond donors (Lipinski definition) is 0. The first-order chi connectivity index (χ1) is 9.16. The molecular weight excluding hydrogens is 248 g/mol. The second-order valence-corrected chi connectivity index (χ2v) is 4.29. The van der Waals surface area contributed by atoms with Gasteiger partial charge >= 0.3 is 0 Å². The van der Waals surface area contributed by atoms with Crippen molar-refractivity contribution >= 4 is 17.8 Å². The number of carboxylic acid groups (broad SMARTS) is 1. The smallest absolute Gasteiger partial charge is 0.225 e. The molecule has 102 valence electrons. The normalized spacial score (nSPS) is 15.4. The third kappa shape index (κ3) is 3.64. The van der Waals surface area contributed by atoms with Crippen LogP contribution >= 0.6 is 0 Å². The lowest BCUT2D eigenvalue weighted by Gasteiger charge is -2.34. The van der Waals surface area contributed by atoms with E-state index in [2.05, 4.69) is 9.97 Å². The number of anilines is 1. The molecule has 0 atom stereocenters. The molecule has 1 aromatic rings. The van der Waals surface area contributed by atoms with Gasteiger partial charge in [-0.2, -0.15) is 0 Å². The predicted molar refractivity (Wildman–Crippen MR) is 65.1 cm³/mol. The van der Waals surface area contributed by atoms with Crippen LogP contribution in [-0.4, -0.2) is 52.9 Å². The molecule has 0 bridgehead atoms. The number of carbonyl (C=O) groups is 2. The van der Waals surface area contributed by atoms with E-state index in [9.17, 15) is 14.7 Å². The van der Waals surface area contributed by atoms with Crippen LogP contribution in [0.2, 0.25) is 0 Å². The summed E-state index contributed by atoms with van der Waals surface area (Å²) >= 11 is 0. The lowest BCUT2D eigenvalue weighted by Crippen LogP contribution is -2.49. The highest BCUT2D eigenvalue weighted by atomic mass is 16.4. The van der Waals surface area contributed by atoms with E-state index in [0.29, 0.717) is 32.1 Å². The quantitative estimate of drug-likeness (QED) is 0.667. The van der Waals surface area contributed by atoms with Crippen LogP contribution < -0.4 is 10.0 Å². The molecule has 1 amide bonds. The summed E-state index contributed by atoms with van der Waals surface area (Å²) in [6, 6.07) is 1.75. The van der Waals surface area contributed by atoms with Gasteiger partial charge in [0.25, 0.3) is 0 Å². The van der Waals surface area contributed by atoms with Crippen molar-refractivity contribution in [3.63, 3.8) is 0 Å². The van der Waals surface area contributed by atoms with Crippen molar-refractivity contribution in [3.05, 3.63) is 18.5 Å². The maximum absolute atomic E-state index is 11.7. The monoisotopic (exact) mass is 263 g/mol. The van der Waals surface area contributed by atoms with Crippen molar-refractivity contribution in [3.8, 4) is 0 Å². The average molecular weight is 263 g/mol. The first kappa shape index (κ1) is 13.3. The van der Waals surface area contributed by atoms with E-state index in [1.54, 1.807) is 23.4 Å². The highest BCUT2D eigenvalue weighted by Gasteiger charge is 2.21. The molecule has 2 rings (SSSR count). The van der Waals surface area contributed by atoms with E-state index in [-0.39, 0.29) is 18.7 Å². The van der Waals surface area contributed by atoms with Crippen LogP contribution in [0.3, 0.4) is 0 Å². The number of aromatic nitrogens is 2. The van der Waals surface area contributed by atoms with Gasteiger partial charge in [-0.3, -0.25) is 4.79 Å². The second kappa shape index (κ2) is 6.12. The zero-order valence-electron chi connectivity index (χ0n) is 10.5. The third-order valence-electron chi connectivity index (χ3n) is 3.01. The predicted octanol–water partition coefficient (Wildman–Crippen LogP) is -1.34. The van der Waals surface area contributed by atoms with E-state index < -0.39 is 5.97 Å². The van der Waals surface area contributed by atoms with Crippen LogP contribution in [0.4, 0.5) is 5.95 Å². The lowest BCUT2D eigenvalue weighted by molar-refractivity contribution is -0.305. The summed E-state index contributed by atoms with van der Waals surface area (Å²) in [4.78, 5) is 34.0. The van der Waals surface area contributed by atoms with Crippen LogP contribution in [-0.2, 0) is 9.59 Å². The number of piperazine rings is 1. The van der Waals surface area contributed by atoms with Gasteiger partial charge in [-0.1, -0.05) is 0 Å². The minimum absolute atomic E-state index is 0.00414. The maximum atomic E-state index is 11.7. The molecule has 1 aliphatic heterocycles. The summed E-state index contributed by atoms with van der Waals surface area (Å²) < 4.78 is 0. The number of carboxylic acids is 1. The standard InChI is InChI=1S/C12H16N4O3/c17-10(2-3-11(18)19)15-6-8-16(9-7-15)12-13-4-1-5-14-12/h1,4-5H,2-3,6-9H2,(H,18,19)/p-1. The highest BCUT2D eigenvalue weighted by molar-refractivity contribution is 5.80. The van der Waals surface area contributed by atoms with Gasteiger partial charge in [0.05, 0.1) is 0 Å². The van der Waals surface area contributed by atoms with Crippen molar-refractivity contribution in [2.45, 2.75) is 12.8 Å². The summed E-state index contributed by atoms with van der Waals surface area (Å²) in [6.07, 6.45) is 3.14. The molecule has 0 N–H and O–H groups in total. The Morgan fingerprint density at radius 3 is 2.32 bits per heavy atom. The molecule has 1 fully saturated rings. The van der Waals surface area contributed by atoms with Crippen LogP contribution in [0.15, 0.2) is 18.5 Å². The molecule has 0 spiro atoms. The largest absolute Gasteiger partial charge is 0.550 e. The number of rotatable bonds is 4. The average Bonchev–Trinajstić information content (AvgIpc) is 2.46. The van der Waals surface area contributed by atoms with Gasteiger partial charge in [-0.05, 0) is 12.5 Å². The highest BCUT2D eigenvalue weighted by Crippen LogP contribution is 2.10. The second-order valence-electron chi connectivity index (χ2n) is 4.29. The fourth-order valence-electron chi connectivity index (χ4n) is 1.98. The fraction of sp³-hybridized carbons (Fsp3) is 0.500. The molecular formula is C12H15N4O3-. The van der Waals surface area contributed by atoms with E-state index >= 15 is 0 Å². The van der Waals surface area contributed by atoms with Crippen molar-refractivity contribution in [1.82, 2.24) is 14.9 Å². The Bertz CT molecular complexity index is 444. The molecule has 0 unspecified atom stereocenters. The number of hydrogen-bond acceptors (Lipinski definition) is 6. The number of carbonyl (C=O) groups excluding carboxylic acids is 2. The Hall–Kier alpha value is -2.18. The van der Waals surface area contributed by atoms with Gasteiger partial charge in [0, 0.05) is 51.0 Å². The molecule has 1 saturated heterocycles. The first-order valence-corrected chi connectivity index (χ1v) is 6.16. The van der Waals surface area contributed by atoms with Gasteiger partial charge in [0.1, 0.15) is 0 Å². The maximum Gasteiger partial charge on any atom is 0.225 e. The zero-order chi connectivity index (χ0) is 13.7. The van der Waals surface area contributed by atoms with Gasteiger partial charge < -0.3 is 19.7 Å². The summed E-state index contributed by atoms with van der Waals surface area (Å²) in [6.45, 7) is 2.43. The zero-order valence-corrected chi connectivity index (χ0v) is 10.5. The summed E-state index contributed by atoms with van der Waals surface area (Å²) in [5.74, 6) is -0.674. The summed E-state index contributed by atoms with van der Waals surface area (Å²) in [5, 5.41) is 10.3.